The first-order chi connectivity index (χ1) is 16.0. The average molecular weight is 450 g/mol. The summed E-state index contributed by atoms with van der Waals surface area (Å²) in [6.07, 6.45) is 0.761. The van der Waals surface area contributed by atoms with Gasteiger partial charge in [0.2, 0.25) is 0 Å². The summed E-state index contributed by atoms with van der Waals surface area (Å²) >= 11 is 0. The second kappa shape index (κ2) is 8.48. The van der Waals surface area contributed by atoms with Gasteiger partial charge in [-0.05, 0) is 71.6 Å². The van der Waals surface area contributed by atoms with Crippen LogP contribution in [0.3, 0.4) is 0 Å². The predicted octanol–water partition coefficient (Wildman–Crippen LogP) is 5.04. The van der Waals surface area contributed by atoms with E-state index in [2.05, 4.69) is 16.3 Å². The molecule has 0 aliphatic carbocycles. The van der Waals surface area contributed by atoms with E-state index in [0.717, 1.165) is 28.8 Å². The van der Waals surface area contributed by atoms with Crippen LogP contribution in [0.15, 0.2) is 66.7 Å². The van der Waals surface area contributed by atoms with E-state index in [0.29, 0.717) is 12.2 Å². The lowest BCUT2D eigenvalue weighted by molar-refractivity contribution is 0.168. The highest BCUT2D eigenvalue weighted by Gasteiger charge is 2.47. The largest absolute Gasteiger partial charge is 0.394 e. The molecule has 0 radical (unpaired) electrons. The van der Waals surface area contributed by atoms with Crippen molar-refractivity contribution in [1.82, 2.24) is 4.90 Å². The molecule has 5 rings (SSSR count). The Morgan fingerprint density at radius 1 is 1.00 bits per heavy atom. The van der Waals surface area contributed by atoms with E-state index >= 15 is 0 Å². The number of likely N-dealkylation sites (tertiary alicyclic amines) is 1. The number of aliphatic hydroxyl groups excluding tert-OH is 1. The van der Waals surface area contributed by atoms with Crippen LogP contribution in [0, 0.1) is 17.6 Å². The molecule has 0 saturated carbocycles. The molecular weight excluding hydrogens is 424 g/mol. The third-order valence-electron chi connectivity index (χ3n) is 6.88. The molecule has 7 heteroatoms. The summed E-state index contributed by atoms with van der Waals surface area (Å²) in [5.74, 6) is -0.589. The van der Waals surface area contributed by atoms with Gasteiger partial charge in [0.1, 0.15) is 11.6 Å². The molecule has 3 aromatic carbocycles. The quantitative estimate of drug-likeness (QED) is 0.589. The summed E-state index contributed by atoms with van der Waals surface area (Å²) in [5.41, 5.74) is 4.32. The van der Waals surface area contributed by atoms with Crippen molar-refractivity contribution in [3.63, 3.8) is 0 Å². The zero-order valence-corrected chi connectivity index (χ0v) is 18.2. The Hall–Kier alpha value is -3.45. The minimum absolute atomic E-state index is 0.00968. The SMILES string of the molecule is CN1c2ccc(-c3ccc(F)cc3)cc2[C@H]2[C@H](CCN2C(=O)Nc2ccc(F)cc2)[C@H]1CO. The summed E-state index contributed by atoms with van der Waals surface area (Å²) in [6, 6.07) is 17.5. The fraction of sp³-hybridized carbons (Fsp3) is 0.269. The minimum atomic E-state index is -0.363. The summed E-state index contributed by atoms with van der Waals surface area (Å²) in [5, 5.41) is 13.0. The topological polar surface area (TPSA) is 55.8 Å². The molecular formula is C26H25F2N3O2. The number of halogens is 2. The van der Waals surface area contributed by atoms with Crippen molar-refractivity contribution in [3.05, 3.63) is 83.9 Å². The van der Waals surface area contributed by atoms with Crippen molar-refractivity contribution < 1.29 is 18.7 Å². The molecule has 2 heterocycles. The van der Waals surface area contributed by atoms with Gasteiger partial charge in [-0.1, -0.05) is 18.2 Å². The Labute approximate surface area is 191 Å². The fourth-order valence-corrected chi connectivity index (χ4v) is 5.23. The van der Waals surface area contributed by atoms with Gasteiger partial charge >= 0.3 is 6.03 Å². The van der Waals surface area contributed by atoms with E-state index < -0.39 is 0 Å². The summed E-state index contributed by atoms with van der Waals surface area (Å²) < 4.78 is 26.7. The molecule has 3 aromatic rings. The first-order valence-corrected chi connectivity index (χ1v) is 11.0. The number of nitrogens with one attached hydrogen (secondary N) is 1. The van der Waals surface area contributed by atoms with Crippen molar-refractivity contribution in [2.75, 3.05) is 30.4 Å². The van der Waals surface area contributed by atoms with Crippen LogP contribution in [0.5, 0.6) is 0 Å². The van der Waals surface area contributed by atoms with Gasteiger partial charge in [0, 0.05) is 30.9 Å². The molecule has 0 aromatic heterocycles. The Morgan fingerprint density at radius 3 is 2.30 bits per heavy atom. The molecule has 2 aliphatic rings. The van der Waals surface area contributed by atoms with Crippen LogP contribution in [0.1, 0.15) is 18.0 Å². The number of hydrogen-bond donors (Lipinski definition) is 2. The molecule has 3 atom stereocenters. The van der Waals surface area contributed by atoms with E-state index in [-0.39, 0.29) is 42.3 Å². The Bertz CT molecular complexity index is 1170. The van der Waals surface area contributed by atoms with E-state index in [1.807, 2.05) is 19.2 Å². The molecule has 2 aliphatic heterocycles. The van der Waals surface area contributed by atoms with E-state index in [9.17, 15) is 18.7 Å². The fourth-order valence-electron chi connectivity index (χ4n) is 5.23. The van der Waals surface area contributed by atoms with Gasteiger partial charge in [-0.2, -0.15) is 0 Å². The van der Waals surface area contributed by atoms with Crippen LogP contribution in [0.4, 0.5) is 25.0 Å². The maximum atomic E-state index is 13.4. The zero-order chi connectivity index (χ0) is 23.1. The third-order valence-corrected chi connectivity index (χ3v) is 6.88. The van der Waals surface area contributed by atoms with Gasteiger partial charge in [-0.15, -0.1) is 0 Å². The molecule has 1 saturated heterocycles. The first-order valence-electron chi connectivity index (χ1n) is 11.0. The number of urea groups is 1. The smallest absolute Gasteiger partial charge is 0.322 e. The zero-order valence-electron chi connectivity index (χ0n) is 18.2. The molecule has 0 unspecified atom stereocenters. The number of carbonyl (C=O) groups excluding carboxylic acids is 1. The van der Waals surface area contributed by atoms with Gasteiger partial charge < -0.3 is 20.2 Å². The maximum absolute atomic E-state index is 13.4. The number of hydrogen-bond acceptors (Lipinski definition) is 3. The minimum Gasteiger partial charge on any atom is -0.394 e. The maximum Gasteiger partial charge on any atom is 0.322 e. The number of rotatable bonds is 3. The van der Waals surface area contributed by atoms with E-state index in [1.165, 1.54) is 36.4 Å². The van der Waals surface area contributed by atoms with Crippen LogP contribution in [0.25, 0.3) is 11.1 Å². The van der Waals surface area contributed by atoms with Gasteiger partial charge in [-0.25, -0.2) is 13.6 Å². The number of likely N-dealkylation sites (N-methyl/N-ethyl adjacent to an activating group) is 1. The molecule has 170 valence electrons. The number of benzene rings is 3. The van der Waals surface area contributed by atoms with Crippen molar-refractivity contribution in [1.29, 1.82) is 0 Å². The van der Waals surface area contributed by atoms with Crippen molar-refractivity contribution in [2.45, 2.75) is 18.5 Å². The van der Waals surface area contributed by atoms with Gasteiger partial charge in [0.25, 0.3) is 0 Å². The van der Waals surface area contributed by atoms with E-state index in [4.69, 9.17) is 0 Å². The number of carbonyl (C=O) groups is 1. The second-order valence-electron chi connectivity index (χ2n) is 8.67. The summed E-state index contributed by atoms with van der Waals surface area (Å²) in [7, 11) is 1.97. The Kier molecular flexibility index (Phi) is 5.50. The number of amides is 2. The number of fused-ring (bicyclic) bond motifs is 3. The average Bonchev–Trinajstić information content (AvgIpc) is 3.26. The highest BCUT2D eigenvalue weighted by molar-refractivity contribution is 5.90. The van der Waals surface area contributed by atoms with Crippen molar-refractivity contribution >= 4 is 17.4 Å². The molecule has 5 nitrogen and oxygen atoms in total. The molecule has 33 heavy (non-hydrogen) atoms. The van der Waals surface area contributed by atoms with Crippen molar-refractivity contribution in [3.8, 4) is 11.1 Å². The summed E-state index contributed by atoms with van der Waals surface area (Å²) in [6.45, 7) is 0.539. The molecule has 1 fully saturated rings. The van der Waals surface area contributed by atoms with Crippen LogP contribution < -0.4 is 10.2 Å². The molecule has 0 bridgehead atoms. The van der Waals surface area contributed by atoms with Crippen LogP contribution in [0.2, 0.25) is 0 Å². The Balaban J connectivity index is 1.52. The van der Waals surface area contributed by atoms with Crippen molar-refractivity contribution in [2.24, 2.45) is 5.92 Å². The third kappa shape index (κ3) is 3.82. The lowest BCUT2D eigenvalue weighted by atomic mass is 9.81. The van der Waals surface area contributed by atoms with Gasteiger partial charge in [0.05, 0.1) is 18.7 Å². The Morgan fingerprint density at radius 2 is 1.64 bits per heavy atom. The number of nitrogens with zero attached hydrogens (tertiary/aromatic N) is 2. The standard InChI is InChI=1S/C26H25F2N3O2/c1-30-23-11-4-17(16-2-5-18(27)6-3-16)14-22(23)25-21(24(30)15-32)12-13-31(25)26(33)29-20-9-7-19(28)8-10-20/h2-11,14,21,24-25,32H,12-13,15H2,1H3,(H,29,33)/t21-,24-,25-/m1/s1. The van der Waals surface area contributed by atoms with Crippen LogP contribution in [-0.2, 0) is 0 Å². The number of aliphatic hydroxyl groups is 1. The van der Waals surface area contributed by atoms with Gasteiger partial charge in [-0.3, -0.25) is 0 Å². The highest BCUT2D eigenvalue weighted by atomic mass is 19.1. The highest BCUT2D eigenvalue weighted by Crippen LogP contribution is 2.49. The predicted molar refractivity (Wildman–Crippen MR) is 124 cm³/mol. The lowest BCUT2D eigenvalue weighted by Crippen LogP contribution is -2.48. The van der Waals surface area contributed by atoms with E-state index in [1.54, 1.807) is 17.0 Å². The normalized spacial score (nSPS) is 21.5. The second-order valence-corrected chi connectivity index (χ2v) is 8.67. The van der Waals surface area contributed by atoms with Gasteiger partial charge in [0.15, 0.2) is 0 Å². The molecule has 2 N–H and O–H groups in total. The summed E-state index contributed by atoms with van der Waals surface area (Å²) in [4.78, 5) is 17.1. The monoisotopic (exact) mass is 449 g/mol. The number of anilines is 2. The molecule has 2 amide bonds. The van der Waals surface area contributed by atoms with Crippen LogP contribution in [-0.4, -0.2) is 42.3 Å². The van der Waals surface area contributed by atoms with Crippen LogP contribution >= 0.6 is 0 Å². The first kappa shape index (κ1) is 21.4. The molecule has 0 spiro atoms. The lowest BCUT2D eigenvalue weighted by Gasteiger charge is -2.44.